The number of rotatable bonds is 5. The maximum atomic E-state index is 12.0. The van der Waals surface area contributed by atoms with Gasteiger partial charge in [0.2, 0.25) is 10.0 Å². The molecule has 21 heavy (non-hydrogen) atoms. The Bertz CT molecular complexity index is 707. The molecule has 0 aliphatic rings. The van der Waals surface area contributed by atoms with E-state index in [1.165, 1.54) is 29.5 Å². The highest BCUT2D eigenvalue weighted by Gasteiger charge is 2.16. The topological polar surface area (TPSA) is 49.4 Å². The summed E-state index contributed by atoms with van der Waals surface area (Å²) < 4.78 is 25.2. The van der Waals surface area contributed by atoms with E-state index in [4.69, 9.17) is 0 Å². The second-order valence-electron chi connectivity index (χ2n) is 5.09. The average Bonchev–Trinajstić information content (AvgIpc) is 2.46. The zero-order chi connectivity index (χ0) is 15.5. The van der Waals surface area contributed by atoms with E-state index in [2.05, 4.69) is 24.4 Å². The van der Waals surface area contributed by atoms with E-state index in [0.29, 0.717) is 11.4 Å². The van der Waals surface area contributed by atoms with Crippen LogP contribution in [0.4, 0.5) is 5.69 Å². The molecule has 0 atom stereocenters. The van der Waals surface area contributed by atoms with Crippen molar-refractivity contribution in [3.63, 3.8) is 0 Å². The quantitative estimate of drug-likeness (QED) is 0.924. The predicted octanol–water partition coefficient (Wildman–Crippen LogP) is 2.86. The van der Waals surface area contributed by atoms with E-state index < -0.39 is 10.0 Å². The summed E-state index contributed by atoms with van der Waals surface area (Å²) in [6.07, 6.45) is 0. The van der Waals surface area contributed by atoms with E-state index >= 15 is 0 Å². The third-order valence-electron chi connectivity index (χ3n) is 3.38. The minimum Gasteiger partial charge on any atom is -0.381 e. The van der Waals surface area contributed by atoms with E-state index in [1.54, 1.807) is 24.3 Å². The lowest BCUT2D eigenvalue weighted by Gasteiger charge is -2.12. The van der Waals surface area contributed by atoms with Crippen molar-refractivity contribution in [3.05, 3.63) is 59.7 Å². The number of hydrogen-bond donors (Lipinski definition) is 1. The molecule has 0 bridgehead atoms. The Morgan fingerprint density at radius 2 is 1.62 bits per heavy atom. The highest BCUT2D eigenvalue weighted by atomic mass is 32.2. The molecule has 0 fully saturated rings. The van der Waals surface area contributed by atoms with Gasteiger partial charge in [0.05, 0.1) is 4.90 Å². The fraction of sp³-hybridized carbons (Fsp3) is 0.250. The monoisotopic (exact) mass is 304 g/mol. The Kier molecular flexibility index (Phi) is 4.65. The van der Waals surface area contributed by atoms with Crippen LogP contribution < -0.4 is 5.32 Å². The molecule has 0 saturated carbocycles. The summed E-state index contributed by atoms with van der Waals surface area (Å²) in [6, 6.07) is 15.0. The van der Waals surface area contributed by atoms with Gasteiger partial charge in [0.15, 0.2) is 0 Å². The van der Waals surface area contributed by atoms with E-state index in [9.17, 15) is 8.42 Å². The van der Waals surface area contributed by atoms with Crippen molar-refractivity contribution in [1.82, 2.24) is 4.31 Å². The lowest BCUT2D eigenvalue weighted by molar-refractivity contribution is 0.521. The fourth-order valence-electron chi connectivity index (χ4n) is 1.96. The zero-order valence-corrected chi connectivity index (χ0v) is 13.3. The van der Waals surface area contributed by atoms with Gasteiger partial charge in [-0.15, -0.1) is 0 Å². The Labute approximate surface area is 126 Å². The Morgan fingerprint density at radius 1 is 1.00 bits per heavy atom. The number of nitrogens with zero attached hydrogens (tertiary/aromatic N) is 1. The van der Waals surface area contributed by atoms with Gasteiger partial charge in [-0.3, -0.25) is 0 Å². The number of anilines is 1. The van der Waals surface area contributed by atoms with Crippen LogP contribution in [0, 0.1) is 6.92 Å². The first kappa shape index (κ1) is 15.5. The van der Waals surface area contributed by atoms with Crippen molar-refractivity contribution in [1.29, 1.82) is 0 Å². The van der Waals surface area contributed by atoms with Gasteiger partial charge >= 0.3 is 0 Å². The molecule has 4 nitrogen and oxygen atoms in total. The molecule has 0 radical (unpaired) electrons. The van der Waals surface area contributed by atoms with Gasteiger partial charge in [-0.2, -0.15) is 0 Å². The molecule has 0 spiro atoms. The molecule has 0 aliphatic heterocycles. The minimum atomic E-state index is -3.36. The lowest BCUT2D eigenvalue weighted by atomic mass is 10.1. The average molecular weight is 304 g/mol. The van der Waals surface area contributed by atoms with Crippen molar-refractivity contribution in [2.45, 2.75) is 18.4 Å². The smallest absolute Gasteiger partial charge is 0.242 e. The Morgan fingerprint density at radius 3 is 2.19 bits per heavy atom. The van der Waals surface area contributed by atoms with Crippen LogP contribution in [0.1, 0.15) is 11.1 Å². The summed E-state index contributed by atoms with van der Waals surface area (Å²) in [4.78, 5) is 0.300. The standard InChI is InChI=1S/C16H20N2O2S/c1-13-6-4-5-7-14(13)12-17-15-8-10-16(11-9-15)21(19,20)18(2)3/h4-11,17H,12H2,1-3H3. The third kappa shape index (κ3) is 3.62. The van der Waals surface area contributed by atoms with Gasteiger partial charge in [0, 0.05) is 26.3 Å². The molecule has 2 aromatic carbocycles. The molecule has 5 heteroatoms. The highest BCUT2D eigenvalue weighted by molar-refractivity contribution is 7.89. The molecule has 112 valence electrons. The van der Waals surface area contributed by atoms with Crippen LogP contribution in [0.2, 0.25) is 0 Å². The summed E-state index contributed by atoms with van der Waals surface area (Å²) in [5, 5.41) is 3.30. The fourth-order valence-corrected chi connectivity index (χ4v) is 2.86. The summed E-state index contributed by atoms with van der Waals surface area (Å²) >= 11 is 0. The van der Waals surface area contributed by atoms with Crippen LogP contribution in [-0.2, 0) is 16.6 Å². The Balaban J connectivity index is 2.09. The van der Waals surface area contributed by atoms with Gasteiger partial charge < -0.3 is 5.32 Å². The first-order chi connectivity index (χ1) is 9.91. The molecule has 0 heterocycles. The van der Waals surface area contributed by atoms with Crippen LogP contribution in [-0.4, -0.2) is 26.8 Å². The van der Waals surface area contributed by atoms with E-state index in [-0.39, 0.29) is 0 Å². The third-order valence-corrected chi connectivity index (χ3v) is 5.21. The van der Waals surface area contributed by atoms with Crippen molar-refractivity contribution in [3.8, 4) is 0 Å². The van der Waals surface area contributed by atoms with Gasteiger partial charge in [0.1, 0.15) is 0 Å². The van der Waals surface area contributed by atoms with Crippen molar-refractivity contribution < 1.29 is 8.42 Å². The molecule has 0 aliphatic carbocycles. The summed E-state index contributed by atoms with van der Waals surface area (Å²) in [5.74, 6) is 0. The predicted molar refractivity (Wildman–Crippen MR) is 85.8 cm³/mol. The van der Waals surface area contributed by atoms with Crippen LogP contribution >= 0.6 is 0 Å². The molecular formula is C16H20N2O2S. The summed E-state index contributed by atoms with van der Waals surface area (Å²) in [7, 11) is -0.307. The molecule has 0 amide bonds. The number of benzene rings is 2. The van der Waals surface area contributed by atoms with Gasteiger partial charge in [-0.05, 0) is 42.3 Å². The largest absolute Gasteiger partial charge is 0.381 e. The number of nitrogens with one attached hydrogen (secondary N) is 1. The van der Waals surface area contributed by atoms with Gasteiger partial charge in [-0.25, -0.2) is 12.7 Å². The number of sulfonamides is 1. The van der Waals surface area contributed by atoms with Crippen molar-refractivity contribution >= 4 is 15.7 Å². The van der Waals surface area contributed by atoms with Crippen LogP contribution in [0.3, 0.4) is 0 Å². The molecule has 0 saturated heterocycles. The zero-order valence-electron chi connectivity index (χ0n) is 12.5. The SMILES string of the molecule is Cc1ccccc1CNc1ccc(S(=O)(=O)N(C)C)cc1. The van der Waals surface area contributed by atoms with Crippen molar-refractivity contribution in [2.24, 2.45) is 0 Å². The molecule has 0 unspecified atom stereocenters. The van der Waals surface area contributed by atoms with Crippen LogP contribution in [0.15, 0.2) is 53.4 Å². The molecule has 2 aromatic rings. The van der Waals surface area contributed by atoms with E-state index in [0.717, 1.165) is 5.69 Å². The second-order valence-corrected chi connectivity index (χ2v) is 7.24. The minimum absolute atomic E-state index is 0.300. The van der Waals surface area contributed by atoms with Gasteiger partial charge in [0.25, 0.3) is 0 Å². The molecule has 1 N–H and O–H groups in total. The summed E-state index contributed by atoms with van der Waals surface area (Å²) in [6.45, 7) is 2.79. The van der Waals surface area contributed by atoms with E-state index in [1.807, 2.05) is 12.1 Å². The number of hydrogen-bond acceptors (Lipinski definition) is 3. The molecule has 0 aromatic heterocycles. The molecular weight excluding hydrogens is 284 g/mol. The molecule has 2 rings (SSSR count). The van der Waals surface area contributed by atoms with Crippen molar-refractivity contribution in [2.75, 3.05) is 19.4 Å². The Hall–Kier alpha value is -1.85. The van der Waals surface area contributed by atoms with Crippen LogP contribution in [0.25, 0.3) is 0 Å². The summed E-state index contributed by atoms with van der Waals surface area (Å²) in [5.41, 5.74) is 3.36. The highest BCUT2D eigenvalue weighted by Crippen LogP contribution is 2.17. The van der Waals surface area contributed by atoms with Gasteiger partial charge in [-0.1, -0.05) is 24.3 Å². The first-order valence-electron chi connectivity index (χ1n) is 6.72. The number of aryl methyl sites for hydroxylation is 1. The lowest BCUT2D eigenvalue weighted by Crippen LogP contribution is -2.22. The normalized spacial score (nSPS) is 11.6. The maximum Gasteiger partial charge on any atom is 0.242 e. The van der Waals surface area contributed by atoms with Crippen LogP contribution in [0.5, 0.6) is 0 Å². The second kappa shape index (κ2) is 6.28. The first-order valence-corrected chi connectivity index (χ1v) is 8.16. The maximum absolute atomic E-state index is 12.0.